The summed E-state index contributed by atoms with van der Waals surface area (Å²) in [5.41, 5.74) is 1.99. The van der Waals surface area contributed by atoms with E-state index in [2.05, 4.69) is 11.0 Å². The molecule has 0 spiro atoms. The zero-order chi connectivity index (χ0) is 19.1. The molecule has 0 bridgehead atoms. The molecule has 1 atom stereocenters. The maximum absolute atomic E-state index is 13.4. The lowest BCUT2D eigenvalue weighted by atomic mass is 9.91. The summed E-state index contributed by atoms with van der Waals surface area (Å²) in [5, 5.41) is 8.98. The van der Waals surface area contributed by atoms with Crippen LogP contribution in [0.2, 0.25) is 0 Å². The number of hydrogen-bond donors (Lipinski definition) is 1. The largest absolute Gasteiger partial charge is 0.491 e. The predicted octanol–water partition coefficient (Wildman–Crippen LogP) is 4.18. The minimum absolute atomic E-state index is 0.00407. The van der Waals surface area contributed by atoms with E-state index in [4.69, 9.17) is 9.84 Å². The minimum atomic E-state index is -0.787. The Labute approximate surface area is 159 Å². The van der Waals surface area contributed by atoms with Gasteiger partial charge in [-0.15, -0.1) is 0 Å². The molecular formula is C22H27F2NO2. The molecule has 0 saturated carbocycles. The predicted molar refractivity (Wildman–Crippen MR) is 102 cm³/mol. The van der Waals surface area contributed by atoms with E-state index in [1.54, 1.807) is 6.07 Å². The van der Waals surface area contributed by atoms with Crippen LogP contribution in [0.15, 0.2) is 42.5 Å². The Morgan fingerprint density at radius 3 is 2.78 bits per heavy atom. The first-order chi connectivity index (χ1) is 13.2. The molecule has 1 aliphatic rings. The Hall–Kier alpha value is -1.98. The maximum Gasteiger partial charge on any atom is 0.159 e. The van der Waals surface area contributed by atoms with E-state index in [0.29, 0.717) is 12.5 Å². The monoisotopic (exact) mass is 375 g/mol. The van der Waals surface area contributed by atoms with Gasteiger partial charge in [-0.2, -0.15) is 0 Å². The molecule has 0 aromatic heterocycles. The Morgan fingerprint density at radius 2 is 1.96 bits per heavy atom. The van der Waals surface area contributed by atoms with Crippen molar-refractivity contribution in [2.45, 2.75) is 32.2 Å². The summed E-state index contributed by atoms with van der Waals surface area (Å²) in [7, 11) is 0. The second kappa shape index (κ2) is 9.81. The van der Waals surface area contributed by atoms with E-state index >= 15 is 0 Å². The molecule has 0 amide bonds. The van der Waals surface area contributed by atoms with Gasteiger partial charge in [0.2, 0.25) is 0 Å². The fraction of sp³-hybridized carbons (Fsp3) is 0.455. The number of piperidine rings is 1. The third kappa shape index (κ3) is 5.75. The number of nitrogens with zero attached hydrogens (tertiary/aromatic N) is 1. The van der Waals surface area contributed by atoms with E-state index < -0.39 is 11.6 Å². The lowest BCUT2D eigenvalue weighted by Crippen LogP contribution is -2.35. The van der Waals surface area contributed by atoms with Gasteiger partial charge in [0, 0.05) is 18.7 Å². The number of halogens is 2. The number of hydrogen-bond acceptors (Lipinski definition) is 3. The smallest absolute Gasteiger partial charge is 0.159 e. The highest BCUT2D eigenvalue weighted by Crippen LogP contribution is 2.26. The second-order valence-electron chi connectivity index (χ2n) is 7.21. The van der Waals surface area contributed by atoms with Crippen molar-refractivity contribution in [3.8, 4) is 5.75 Å². The lowest BCUT2D eigenvalue weighted by Gasteiger charge is -2.33. The summed E-state index contributed by atoms with van der Waals surface area (Å²) in [6.07, 6.45) is 4.06. The van der Waals surface area contributed by atoms with Crippen molar-refractivity contribution in [3.63, 3.8) is 0 Å². The average Bonchev–Trinajstić information content (AvgIpc) is 2.68. The Balaban J connectivity index is 1.54. The lowest BCUT2D eigenvalue weighted by molar-refractivity contribution is 0.157. The van der Waals surface area contributed by atoms with Crippen LogP contribution in [0.1, 0.15) is 30.4 Å². The third-order valence-corrected chi connectivity index (χ3v) is 5.14. The van der Waals surface area contributed by atoms with E-state index in [1.807, 2.05) is 18.2 Å². The van der Waals surface area contributed by atoms with Crippen LogP contribution in [0.5, 0.6) is 5.75 Å². The van der Waals surface area contributed by atoms with Crippen molar-refractivity contribution in [2.75, 3.05) is 26.3 Å². The van der Waals surface area contributed by atoms with E-state index in [1.165, 1.54) is 18.6 Å². The normalized spacial score (nSPS) is 17.8. The molecule has 0 unspecified atom stereocenters. The molecule has 1 fully saturated rings. The zero-order valence-corrected chi connectivity index (χ0v) is 15.5. The van der Waals surface area contributed by atoms with Crippen molar-refractivity contribution in [3.05, 3.63) is 65.2 Å². The van der Waals surface area contributed by atoms with Crippen LogP contribution in [0.25, 0.3) is 0 Å². The highest BCUT2D eigenvalue weighted by atomic mass is 19.2. The quantitative estimate of drug-likeness (QED) is 0.751. The Morgan fingerprint density at radius 1 is 1.11 bits per heavy atom. The van der Waals surface area contributed by atoms with Gasteiger partial charge in [0.15, 0.2) is 11.6 Å². The first-order valence-electron chi connectivity index (χ1n) is 9.63. The second-order valence-corrected chi connectivity index (χ2v) is 7.21. The van der Waals surface area contributed by atoms with Crippen molar-refractivity contribution in [1.29, 1.82) is 0 Å². The van der Waals surface area contributed by atoms with Gasteiger partial charge in [0.25, 0.3) is 0 Å². The number of aryl methyl sites for hydroxylation is 1. The van der Waals surface area contributed by atoms with Crippen molar-refractivity contribution >= 4 is 0 Å². The summed E-state index contributed by atoms with van der Waals surface area (Å²) < 4.78 is 32.1. The molecule has 1 heterocycles. The number of ether oxygens (including phenoxy) is 1. The van der Waals surface area contributed by atoms with Gasteiger partial charge in [0.1, 0.15) is 12.4 Å². The number of likely N-dealkylation sites (tertiary alicyclic amines) is 1. The standard InChI is InChI=1S/C22H27F2NO2/c23-20-10-9-17(14-21(20)24)7-8-18-4-3-11-25(15-18)16-19-5-1-2-6-22(19)27-13-12-26/h1-2,5-6,9-10,14,18,26H,3-4,7-8,11-13,15-16H2/t18-/m0/s1. The first kappa shape index (κ1) is 19.8. The van der Waals surface area contributed by atoms with Gasteiger partial charge >= 0.3 is 0 Å². The van der Waals surface area contributed by atoms with Crippen molar-refractivity contribution in [2.24, 2.45) is 5.92 Å². The summed E-state index contributed by atoms with van der Waals surface area (Å²) in [5.74, 6) is -0.172. The number of aliphatic hydroxyl groups is 1. The molecule has 3 nitrogen and oxygen atoms in total. The van der Waals surface area contributed by atoms with Crippen LogP contribution < -0.4 is 4.74 Å². The summed E-state index contributed by atoms with van der Waals surface area (Å²) in [6, 6.07) is 12.1. The van der Waals surface area contributed by atoms with Crippen LogP contribution in [0, 0.1) is 17.6 Å². The van der Waals surface area contributed by atoms with Crippen LogP contribution in [-0.2, 0) is 13.0 Å². The summed E-state index contributed by atoms with van der Waals surface area (Å²) in [4.78, 5) is 2.43. The highest BCUT2D eigenvalue weighted by molar-refractivity contribution is 5.33. The van der Waals surface area contributed by atoms with Gasteiger partial charge < -0.3 is 9.84 Å². The van der Waals surface area contributed by atoms with Gasteiger partial charge in [-0.3, -0.25) is 4.90 Å². The van der Waals surface area contributed by atoms with Gasteiger partial charge in [-0.25, -0.2) is 8.78 Å². The van der Waals surface area contributed by atoms with Gasteiger partial charge in [-0.1, -0.05) is 24.3 Å². The molecule has 5 heteroatoms. The van der Waals surface area contributed by atoms with E-state index in [0.717, 1.165) is 55.8 Å². The van der Waals surface area contributed by atoms with Crippen LogP contribution in [0.3, 0.4) is 0 Å². The molecule has 1 saturated heterocycles. The summed E-state index contributed by atoms with van der Waals surface area (Å²) in [6.45, 7) is 3.18. The summed E-state index contributed by atoms with van der Waals surface area (Å²) >= 11 is 0. The number of rotatable bonds is 8. The van der Waals surface area contributed by atoms with Crippen molar-refractivity contribution in [1.82, 2.24) is 4.90 Å². The molecule has 0 aliphatic carbocycles. The van der Waals surface area contributed by atoms with Gasteiger partial charge in [0.05, 0.1) is 6.61 Å². The van der Waals surface area contributed by atoms with Crippen LogP contribution in [-0.4, -0.2) is 36.3 Å². The molecule has 3 rings (SSSR count). The minimum Gasteiger partial charge on any atom is -0.491 e. The third-order valence-electron chi connectivity index (χ3n) is 5.14. The van der Waals surface area contributed by atoms with E-state index in [-0.39, 0.29) is 6.61 Å². The molecule has 146 valence electrons. The SMILES string of the molecule is OCCOc1ccccc1CN1CCC[C@@H](CCc2ccc(F)c(F)c2)C1. The van der Waals surface area contributed by atoms with Crippen LogP contribution in [0.4, 0.5) is 8.78 Å². The maximum atomic E-state index is 13.4. The molecule has 2 aromatic carbocycles. The van der Waals surface area contributed by atoms with E-state index in [9.17, 15) is 8.78 Å². The Kier molecular flexibility index (Phi) is 7.18. The number of aliphatic hydroxyl groups excluding tert-OH is 1. The molecule has 1 N–H and O–H groups in total. The molecule has 2 aromatic rings. The highest BCUT2D eigenvalue weighted by Gasteiger charge is 2.21. The first-order valence-corrected chi connectivity index (χ1v) is 9.63. The van der Waals surface area contributed by atoms with Crippen LogP contribution >= 0.6 is 0 Å². The van der Waals surface area contributed by atoms with Crippen molar-refractivity contribution < 1.29 is 18.6 Å². The fourth-order valence-corrected chi connectivity index (χ4v) is 3.77. The molecule has 27 heavy (non-hydrogen) atoms. The fourth-order valence-electron chi connectivity index (χ4n) is 3.77. The molecule has 1 aliphatic heterocycles. The zero-order valence-electron chi connectivity index (χ0n) is 15.5. The number of benzene rings is 2. The van der Waals surface area contributed by atoms with Gasteiger partial charge in [-0.05, 0) is 61.9 Å². The number of para-hydroxylation sites is 1. The Bertz CT molecular complexity index is 738. The molecular weight excluding hydrogens is 348 g/mol. The molecule has 0 radical (unpaired) electrons. The average molecular weight is 375 g/mol. The topological polar surface area (TPSA) is 32.7 Å².